The number of hydrogen-bond acceptors (Lipinski definition) is 6. The van der Waals surface area contributed by atoms with Crippen LogP contribution in [0.5, 0.6) is 5.75 Å². The maximum atomic E-state index is 12.2. The van der Waals surface area contributed by atoms with Crippen molar-refractivity contribution < 1.29 is 18.8 Å². The molecule has 9 heteroatoms. The van der Waals surface area contributed by atoms with Crippen LogP contribution in [0, 0.1) is 0 Å². The molecule has 0 bridgehead atoms. The van der Waals surface area contributed by atoms with Gasteiger partial charge in [0.25, 0.3) is 5.91 Å². The van der Waals surface area contributed by atoms with Gasteiger partial charge in [-0.05, 0) is 49.7 Å². The summed E-state index contributed by atoms with van der Waals surface area (Å²) >= 11 is 5.88. The summed E-state index contributed by atoms with van der Waals surface area (Å²) in [5, 5.41) is 10.1. The molecule has 0 aliphatic heterocycles. The Morgan fingerprint density at radius 2 is 1.94 bits per heavy atom. The van der Waals surface area contributed by atoms with E-state index in [4.69, 9.17) is 20.9 Å². The fourth-order valence-electron chi connectivity index (χ4n) is 2.76. The van der Waals surface area contributed by atoms with Crippen LogP contribution >= 0.6 is 11.6 Å². The zero-order valence-electron chi connectivity index (χ0n) is 17.1. The topological polar surface area (TPSA) is 106 Å². The molecule has 162 valence electrons. The summed E-state index contributed by atoms with van der Waals surface area (Å²) in [6, 6.07) is 14.1. The number of ether oxygens (including phenoxy) is 1. The first-order valence-corrected chi connectivity index (χ1v) is 10.3. The van der Waals surface area contributed by atoms with Gasteiger partial charge in [-0.3, -0.25) is 9.59 Å². The lowest BCUT2D eigenvalue weighted by molar-refractivity contribution is -0.123. The summed E-state index contributed by atoms with van der Waals surface area (Å²) in [6.45, 7) is 2.31. The van der Waals surface area contributed by atoms with Gasteiger partial charge < -0.3 is 19.9 Å². The van der Waals surface area contributed by atoms with E-state index in [1.54, 1.807) is 36.4 Å². The Morgan fingerprint density at radius 1 is 1.13 bits per heavy atom. The standard InChI is InChI=1S/C22H23ClN4O4/c1-2-24-20(29)14-30-18-6-3-5-17(13-18)25-19(28)7-4-8-21-26-22(27-31-21)15-9-11-16(23)12-10-15/h3,5-6,9-13H,2,4,7-8,14H2,1H3,(H,24,29)(H,25,28). The SMILES string of the molecule is CCNC(=O)COc1cccc(NC(=O)CCCc2nc(-c3ccc(Cl)cc3)no2)c1. The van der Waals surface area contributed by atoms with E-state index in [1.807, 2.05) is 19.1 Å². The van der Waals surface area contributed by atoms with Gasteiger partial charge in [0.2, 0.25) is 17.6 Å². The summed E-state index contributed by atoms with van der Waals surface area (Å²) < 4.78 is 10.7. The molecule has 31 heavy (non-hydrogen) atoms. The minimum atomic E-state index is -0.197. The zero-order chi connectivity index (χ0) is 22.1. The van der Waals surface area contributed by atoms with Crippen LogP contribution < -0.4 is 15.4 Å². The number of amides is 2. The van der Waals surface area contributed by atoms with E-state index in [2.05, 4.69) is 20.8 Å². The smallest absolute Gasteiger partial charge is 0.257 e. The number of halogens is 1. The van der Waals surface area contributed by atoms with E-state index >= 15 is 0 Å². The maximum absolute atomic E-state index is 12.2. The van der Waals surface area contributed by atoms with E-state index in [0.29, 0.717) is 54.0 Å². The minimum absolute atomic E-state index is 0.0760. The zero-order valence-corrected chi connectivity index (χ0v) is 17.8. The number of hydrogen-bond donors (Lipinski definition) is 2. The number of likely N-dealkylation sites (N-methyl/N-ethyl adjacent to an activating group) is 1. The normalized spacial score (nSPS) is 10.5. The molecule has 0 aliphatic rings. The minimum Gasteiger partial charge on any atom is -0.484 e. The molecule has 0 atom stereocenters. The van der Waals surface area contributed by atoms with Crippen molar-refractivity contribution in [2.24, 2.45) is 0 Å². The molecule has 1 heterocycles. The second kappa shape index (κ2) is 11.1. The number of anilines is 1. The van der Waals surface area contributed by atoms with Crippen molar-refractivity contribution in [3.8, 4) is 17.1 Å². The molecule has 0 saturated heterocycles. The van der Waals surface area contributed by atoms with Gasteiger partial charge in [-0.2, -0.15) is 4.98 Å². The van der Waals surface area contributed by atoms with Gasteiger partial charge in [-0.15, -0.1) is 0 Å². The third-order valence-electron chi connectivity index (χ3n) is 4.23. The van der Waals surface area contributed by atoms with Crippen LogP contribution in [0.1, 0.15) is 25.7 Å². The van der Waals surface area contributed by atoms with Crippen LogP contribution in [0.4, 0.5) is 5.69 Å². The molecule has 2 N–H and O–H groups in total. The first-order valence-electron chi connectivity index (χ1n) is 9.91. The van der Waals surface area contributed by atoms with E-state index in [1.165, 1.54) is 0 Å². The molecule has 2 amide bonds. The second-order valence-electron chi connectivity index (χ2n) is 6.69. The summed E-state index contributed by atoms with van der Waals surface area (Å²) in [4.78, 5) is 28.1. The molecule has 0 aliphatic carbocycles. The van der Waals surface area contributed by atoms with Gasteiger partial charge in [-0.25, -0.2) is 0 Å². The number of carbonyl (C=O) groups excluding carboxylic acids is 2. The number of carbonyl (C=O) groups is 2. The van der Waals surface area contributed by atoms with Crippen molar-refractivity contribution in [1.82, 2.24) is 15.5 Å². The van der Waals surface area contributed by atoms with Crippen LogP contribution in [0.3, 0.4) is 0 Å². The fraction of sp³-hybridized carbons (Fsp3) is 0.273. The molecule has 3 aromatic rings. The van der Waals surface area contributed by atoms with E-state index in [9.17, 15) is 9.59 Å². The molecule has 2 aromatic carbocycles. The van der Waals surface area contributed by atoms with Crippen LogP contribution in [0.2, 0.25) is 5.02 Å². The van der Waals surface area contributed by atoms with Gasteiger partial charge >= 0.3 is 0 Å². The van der Waals surface area contributed by atoms with Gasteiger partial charge in [0.15, 0.2) is 6.61 Å². The Labute approximate surface area is 184 Å². The van der Waals surface area contributed by atoms with Crippen LogP contribution in [-0.4, -0.2) is 35.1 Å². The number of aryl methyl sites for hydroxylation is 1. The third kappa shape index (κ3) is 7.11. The van der Waals surface area contributed by atoms with Gasteiger partial charge in [0.05, 0.1) is 0 Å². The number of rotatable bonds is 10. The van der Waals surface area contributed by atoms with Crippen molar-refractivity contribution in [2.75, 3.05) is 18.5 Å². The third-order valence-corrected chi connectivity index (χ3v) is 4.48. The second-order valence-corrected chi connectivity index (χ2v) is 7.13. The molecular formula is C22H23ClN4O4. The Kier molecular flexibility index (Phi) is 8.00. The molecule has 8 nitrogen and oxygen atoms in total. The molecule has 0 spiro atoms. The van der Waals surface area contributed by atoms with E-state index in [-0.39, 0.29) is 18.4 Å². The van der Waals surface area contributed by atoms with Crippen molar-refractivity contribution in [3.05, 3.63) is 59.4 Å². The fourth-order valence-corrected chi connectivity index (χ4v) is 2.88. The van der Waals surface area contributed by atoms with Crippen molar-refractivity contribution in [3.63, 3.8) is 0 Å². The highest BCUT2D eigenvalue weighted by molar-refractivity contribution is 6.30. The Balaban J connectivity index is 1.44. The Morgan fingerprint density at radius 3 is 2.71 bits per heavy atom. The van der Waals surface area contributed by atoms with Crippen LogP contribution in [0.25, 0.3) is 11.4 Å². The molecule has 3 rings (SSSR count). The number of benzene rings is 2. The largest absolute Gasteiger partial charge is 0.484 e. The molecule has 0 saturated carbocycles. The lowest BCUT2D eigenvalue weighted by atomic mass is 10.2. The summed E-state index contributed by atoms with van der Waals surface area (Å²) in [5.74, 6) is 1.12. The summed E-state index contributed by atoms with van der Waals surface area (Å²) in [7, 11) is 0. The first-order chi connectivity index (χ1) is 15.0. The Hall–Kier alpha value is -3.39. The van der Waals surface area contributed by atoms with Gasteiger partial charge in [0.1, 0.15) is 5.75 Å². The quantitative estimate of drug-likeness (QED) is 0.493. The predicted octanol–water partition coefficient (Wildman–Crippen LogP) is 3.87. The average molecular weight is 443 g/mol. The number of nitrogens with zero attached hydrogens (tertiary/aromatic N) is 2. The highest BCUT2D eigenvalue weighted by Crippen LogP contribution is 2.20. The predicted molar refractivity (Wildman–Crippen MR) is 117 cm³/mol. The van der Waals surface area contributed by atoms with E-state index < -0.39 is 0 Å². The highest BCUT2D eigenvalue weighted by Gasteiger charge is 2.10. The van der Waals surface area contributed by atoms with E-state index in [0.717, 1.165) is 5.56 Å². The average Bonchev–Trinajstić information content (AvgIpc) is 3.22. The lowest BCUT2D eigenvalue weighted by Crippen LogP contribution is -2.28. The monoisotopic (exact) mass is 442 g/mol. The summed E-state index contributed by atoms with van der Waals surface area (Å²) in [5.41, 5.74) is 1.41. The molecular weight excluding hydrogens is 420 g/mol. The molecule has 0 fully saturated rings. The Bertz CT molecular complexity index is 1020. The van der Waals surface area contributed by atoms with Crippen molar-refractivity contribution in [2.45, 2.75) is 26.2 Å². The van der Waals surface area contributed by atoms with Crippen molar-refractivity contribution in [1.29, 1.82) is 0 Å². The maximum Gasteiger partial charge on any atom is 0.257 e. The molecule has 0 unspecified atom stereocenters. The highest BCUT2D eigenvalue weighted by atomic mass is 35.5. The van der Waals surface area contributed by atoms with Gasteiger partial charge in [-0.1, -0.05) is 22.8 Å². The van der Waals surface area contributed by atoms with Crippen LogP contribution in [-0.2, 0) is 16.0 Å². The van der Waals surface area contributed by atoms with Crippen LogP contribution in [0.15, 0.2) is 53.1 Å². The number of aromatic nitrogens is 2. The first kappa shape index (κ1) is 22.3. The van der Waals surface area contributed by atoms with Gasteiger partial charge in [0, 0.05) is 41.7 Å². The number of nitrogens with one attached hydrogen (secondary N) is 2. The van der Waals surface area contributed by atoms with Crippen molar-refractivity contribution >= 4 is 29.1 Å². The summed E-state index contributed by atoms with van der Waals surface area (Å²) in [6.07, 6.45) is 1.34. The molecule has 0 radical (unpaired) electrons. The molecule has 1 aromatic heterocycles. The lowest BCUT2D eigenvalue weighted by Gasteiger charge is -2.09.